The molecular weight excluding hydrogens is 521 g/mol. The minimum absolute atomic E-state index is 0. The van der Waals surface area contributed by atoms with E-state index in [1.807, 2.05) is 49.1 Å². The quantitative estimate of drug-likeness (QED) is 0.318. The molecule has 0 aliphatic rings. The Labute approximate surface area is 186 Å². The highest BCUT2D eigenvalue weighted by atomic mass is 127. The first-order valence-electron chi connectivity index (χ1n) is 8.52. The fraction of sp³-hybridized carbons (Fsp3) is 0.368. The molecule has 0 aliphatic carbocycles. The first kappa shape index (κ1) is 23.5. The van der Waals surface area contributed by atoms with Crippen molar-refractivity contribution >= 4 is 51.8 Å². The summed E-state index contributed by atoms with van der Waals surface area (Å²) in [5.41, 5.74) is 2.27. The summed E-state index contributed by atoms with van der Waals surface area (Å²) in [5.74, 6) is 0.780. The number of guanidine groups is 1. The van der Waals surface area contributed by atoms with Crippen molar-refractivity contribution in [2.24, 2.45) is 12.0 Å². The molecule has 1 aromatic heterocycles. The lowest BCUT2D eigenvalue weighted by molar-refractivity contribution is -0.130. The highest BCUT2D eigenvalue weighted by Gasteiger charge is 2.11. The van der Waals surface area contributed by atoms with Crippen molar-refractivity contribution in [3.63, 3.8) is 0 Å². The number of amides is 1. The second kappa shape index (κ2) is 12.0. The van der Waals surface area contributed by atoms with Crippen molar-refractivity contribution in [3.8, 4) is 0 Å². The predicted octanol–water partition coefficient (Wildman–Crippen LogP) is 3.12. The van der Waals surface area contributed by atoms with E-state index < -0.39 is 0 Å². The first-order valence-corrected chi connectivity index (χ1v) is 9.31. The van der Waals surface area contributed by atoms with Crippen molar-refractivity contribution < 1.29 is 4.79 Å². The van der Waals surface area contributed by atoms with E-state index in [9.17, 15) is 4.79 Å². The fourth-order valence-corrected chi connectivity index (χ4v) is 2.93. The van der Waals surface area contributed by atoms with E-state index in [1.54, 1.807) is 11.9 Å². The highest BCUT2D eigenvalue weighted by Crippen LogP contribution is 2.17. The predicted molar refractivity (Wildman–Crippen MR) is 124 cm³/mol. The smallest absolute Gasteiger partial charge is 0.224 e. The van der Waals surface area contributed by atoms with Gasteiger partial charge in [-0.2, -0.15) is 0 Å². The first-order chi connectivity index (χ1) is 12.5. The van der Waals surface area contributed by atoms with Crippen molar-refractivity contribution in [3.05, 3.63) is 58.3 Å². The lowest BCUT2D eigenvalue weighted by Gasteiger charge is -2.19. The summed E-state index contributed by atoms with van der Waals surface area (Å²) in [7, 11) is 5.54. The number of nitrogens with one attached hydrogen (secondary N) is 2. The molecule has 0 bridgehead atoms. The third-order valence-electron chi connectivity index (χ3n) is 4.00. The van der Waals surface area contributed by atoms with E-state index in [4.69, 9.17) is 0 Å². The number of benzene rings is 1. The molecule has 0 saturated carbocycles. The van der Waals surface area contributed by atoms with E-state index in [0.717, 1.165) is 10.0 Å². The largest absolute Gasteiger partial charge is 0.357 e. The molecule has 2 rings (SSSR count). The minimum atomic E-state index is 0. The second-order valence-corrected chi connectivity index (χ2v) is 6.98. The number of hydrogen-bond donors (Lipinski definition) is 2. The summed E-state index contributed by atoms with van der Waals surface area (Å²) < 4.78 is 3.02. The van der Waals surface area contributed by atoms with Crippen LogP contribution < -0.4 is 10.6 Å². The Kier molecular flexibility index (Phi) is 10.5. The number of hydrogen-bond acceptors (Lipinski definition) is 2. The van der Waals surface area contributed by atoms with Crippen LogP contribution in [0.3, 0.4) is 0 Å². The molecule has 0 unspecified atom stereocenters. The van der Waals surface area contributed by atoms with Crippen LogP contribution in [0.2, 0.25) is 0 Å². The maximum Gasteiger partial charge on any atom is 0.224 e. The summed E-state index contributed by atoms with van der Waals surface area (Å²) in [6.07, 6.45) is 4.47. The number of nitrogens with zero attached hydrogens (tertiary/aromatic N) is 3. The molecule has 27 heavy (non-hydrogen) atoms. The van der Waals surface area contributed by atoms with Gasteiger partial charge in [-0.3, -0.25) is 9.79 Å². The molecule has 6 nitrogen and oxygen atoms in total. The number of rotatable bonds is 7. The van der Waals surface area contributed by atoms with E-state index >= 15 is 0 Å². The van der Waals surface area contributed by atoms with Crippen LogP contribution in [0, 0.1) is 0 Å². The summed E-state index contributed by atoms with van der Waals surface area (Å²) in [5, 5.41) is 6.43. The molecule has 8 heteroatoms. The van der Waals surface area contributed by atoms with Crippen LogP contribution in [0.4, 0.5) is 0 Å². The summed E-state index contributed by atoms with van der Waals surface area (Å²) in [6, 6.07) is 10.00. The van der Waals surface area contributed by atoms with Crippen molar-refractivity contribution in [1.82, 2.24) is 20.1 Å². The standard InChI is InChI=1S/C19H26BrN5O.HI/c1-21-19(23-12-15-9-11-24(2)13-15)22-10-8-18(26)25(3)14-16-6-4-5-7-17(16)20;/h4-7,9,11,13H,8,10,12,14H2,1-3H3,(H2,21,22,23);1H. The Morgan fingerprint density at radius 1 is 1.26 bits per heavy atom. The molecule has 1 amide bonds. The number of aliphatic imine (C=N–C) groups is 1. The topological polar surface area (TPSA) is 61.7 Å². The van der Waals surface area contributed by atoms with Gasteiger partial charge in [-0.1, -0.05) is 34.1 Å². The second-order valence-electron chi connectivity index (χ2n) is 6.13. The molecule has 0 radical (unpaired) electrons. The zero-order valence-electron chi connectivity index (χ0n) is 15.9. The molecule has 148 valence electrons. The number of carbonyl (C=O) groups excluding carboxylic acids is 1. The SMILES string of the molecule is CN=C(NCCC(=O)N(C)Cc1ccccc1Br)NCc1ccn(C)c1.I. The van der Waals surface area contributed by atoms with Crippen molar-refractivity contribution in [2.45, 2.75) is 19.5 Å². The van der Waals surface area contributed by atoms with Gasteiger partial charge in [-0.05, 0) is 23.3 Å². The van der Waals surface area contributed by atoms with Gasteiger partial charge in [0.25, 0.3) is 0 Å². The van der Waals surface area contributed by atoms with Crippen LogP contribution in [0.15, 0.2) is 52.2 Å². The third kappa shape index (κ3) is 7.92. The molecule has 0 spiro atoms. The lowest BCUT2D eigenvalue weighted by atomic mass is 10.2. The van der Waals surface area contributed by atoms with E-state index in [0.29, 0.717) is 32.0 Å². The van der Waals surface area contributed by atoms with Gasteiger partial charge in [-0.15, -0.1) is 24.0 Å². The molecule has 2 aromatic rings. The summed E-state index contributed by atoms with van der Waals surface area (Å²) >= 11 is 3.52. The molecule has 0 fully saturated rings. The number of halogens is 2. The molecular formula is C19H27BrIN5O. The minimum Gasteiger partial charge on any atom is -0.357 e. The summed E-state index contributed by atoms with van der Waals surface area (Å²) in [6.45, 7) is 1.81. The van der Waals surface area contributed by atoms with Gasteiger partial charge in [0.1, 0.15) is 0 Å². The monoisotopic (exact) mass is 547 g/mol. The fourth-order valence-electron chi connectivity index (χ4n) is 2.52. The van der Waals surface area contributed by atoms with Crippen LogP contribution >= 0.6 is 39.9 Å². The number of carbonyl (C=O) groups is 1. The lowest BCUT2D eigenvalue weighted by Crippen LogP contribution is -2.39. The third-order valence-corrected chi connectivity index (χ3v) is 4.77. The molecule has 0 aliphatic heterocycles. The van der Waals surface area contributed by atoms with Gasteiger partial charge >= 0.3 is 0 Å². The highest BCUT2D eigenvalue weighted by molar-refractivity contribution is 14.0. The Bertz CT molecular complexity index is 762. The average molecular weight is 548 g/mol. The molecule has 1 aromatic carbocycles. The summed E-state index contributed by atoms with van der Waals surface area (Å²) in [4.78, 5) is 18.2. The zero-order chi connectivity index (χ0) is 18.9. The van der Waals surface area contributed by atoms with Crippen molar-refractivity contribution in [1.29, 1.82) is 0 Å². The average Bonchev–Trinajstić information content (AvgIpc) is 3.05. The van der Waals surface area contributed by atoms with Gasteiger partial charge in [0, 0.05) is 64.1 Å². The van der Waals surface area contributed by atoms with Gasteiger partial charge in [0.15, 0.2) is 5.96 Å². The van der Waals surface area contributed by atoms with E-state index in [-0.39, 0.29) is 29.9 Å². The van der Waals surface area contributed by atoms with Crippen LogP contribution in [0.5, 0.6) is 0 Å². The molecule has 1 heterocycles. The Morgan fingerprint density at radius 2 is 2.00 bits per heavy atom. The zero-order valence-corrected chi connectivity index (χ0v) is 19.8. The van der Waals surface area contributed by atoms with Gasteiger partial charge < -0.3 is 20.1 Å². The Hall–Kier alpha value is -1.55. The van der Waals surface area contributed by atoms with Crippen LogP contribution in [-0.2, 0) is 24.9 Å². The number of aromatic nitrogens is 1. The number of aryl methyl sites for hydroxylation is 1. The maximum absolute atomic E-state index is 12.3. The normalized spacial score (nSPS) is 10.9. The Balaban J connectivity index is 0.00000364. The van der Waals surface area contributed by atoms with Crippen LogP contribution in [0.1, 0.15) is 17.5 Å². The molecule has 0 saturated heterocycles. The Morgan fingerprint density at radius 3 is 2.63 bits per heavy atom. The van der Waals surface area contributed by atoms with Crippen molar-refractivity contribution in [2.75, 3.05) is 20.6 Å². The van der Waals surface area contributed by atoms with Gasteiger partial charge in [-0.25, -0.2) is 0 Å². The molecule has 0 atom stereocenters. The van der Waals surface area contributed by atoms with Gasteiger partial charge in [0.2, 0.25) is 5.91 Å². The maximum atomic E-state index is 12.3. The van der Waals surface area contributed by atoms with E-state index in [1.165, 1.54) is 5.56 Å². The van der Waals surface area contributed by atoms with Gasteiger partial charge in [0.05, 0.1) is 0 Å². The van der Waals surface area contributed by atoms with E-state index in [2.05, 4.69) is 43.8 Å². The molecule has 2 N–H and O–H groups in total. The van der Waals surface area contributed by atoms with Crippen LogP contribution in [-0.4, -0.2) is 42.0 Å². The van der Waals surface area contributed by atoms with Crippen LogP contribution in [0.25, 0.3) is 0 Å².